The van der Waals surface area contributed by atoms with Crippen LogP contribution in [0.2, 0.25) is 0 Å². The summed E-state index contributed by atoms with van der Waals surface area (Å²) in [4.78, 5) is 16.8. The Hall–Kier alpha value is -1.68. The molecule has 0 atom stereocenters. The van der Waals surface area contributed by atoms with Crippen molar-refractivity contribution in [1.29, 1.82) is 0 Å². The molecule has 1 heterocycles. The fourth-order valence-electron chi connectivity index (χ4n) is 2.66. The minimum atomic E-state index is -0.241. The Morgan fingerprint density at radius 3 is 2.55 bits per heavy atom. The van der Waals surface area contributed by atoms with Crippen molar-refractivity contribution < 1.29 is 9.18 Å². The van der Waals surface area contributed by atoms with Crippen molar-refractivity contribution in [2.75, 3.05) is 0 Å². The molecule has 2 aromatic rings. The molecule has 3 rings (SSSR count). The highest BCUT2D eigenvalue weighted by molar-refractivity contribution is 7.14. The Labute approximate surface area is 134 Å². The number of rotatable bonds is 5. The van der Waals surface area contributed by atoms with Gasteiger partial charge < -0.3 is 4.90 Å². The molecular formula is C18H20FNOS. The second-order valence-electron chi connectivity index (χ2n) is 5.84. The number of carbonyl (C=O) groups excluding carboxylic acids is 1. The molecule has 1 fully saturated rings. The monoisotopic (exact) mass is 317 g/mol. The molecule has 1 aromatic heterocycles. The Balaban J connectivity index is 1.81. The normalized spacial score (nSPS) is 14.1. The maximum absolute atomic E-state index is 13.0. The molecule has 2 nitrogen and oxygen atoms in total. The van der Waals surface area contributed by atoms with Crippen molar-refractivity contribution in [2.45, 2.75) is 45.7 Å². The van der Waals surface area contributed by atoms with Crippen LogP contribution in [0.25, 0.3) is 0 Å². The number of amides is 1. The third-order valence-corrected chi connectivity index (χ3v) is 5.21. The highest BCUT2D eigenvalue weighted by atomic mass is 32.1. The van der Waals surface area contributed by atoms with Crippen LogP contribution in [0.4, 0.5) is 4.39 Å². The van der Waals surface area contributed by atoms with Gasteiger partial charge in [-0.25, -0.2) is 4.39 Å². The molecule has 116 valence electrons. The second kappa shape index (κ2) is 6.21. The Morgan fingerprint density at radius 2 is 2.00 bits per heavy atom. The molecule has 0 unspecified atom stereocenters. The van der Waals surface area contributed by atoms with Gasteiger partial charge in [0.05, 0.1) is 4.88 Å². The fraction of sp³-hybridized carbons (Fsp3) is 0.389. The molecule has 1 aromatic carbocycles. The van der Waals surface area contributed by atoms with Crippen LogP contribution < -0.4 is 0 Å². The molecule has 22 heavy (non-hydrogen) atoms. The van der Waals surface area contributed by atoms with Gasteiger partial charge in [0.1, 0.15) is 5.82 Å². The molecule has 0 bridgehead atoms. The lowest BCUT2D eigenvalue weighted by atomic mass is 10.2. The third-order valence-electron chi connectivity index (χ3n) is 4.13. The second-order valence-corrected chi connectivity index (χ2v) is 7.09. The molecule has 1 aliphatic rings. The number of carbonyl (C=O) groups is 1. The molecule has 0 aliphatic heterocycles. The zero-order valence-electron chi connectivity index (χ0n) is 12.9. The van der Waals surface area contributed by atoms with Gasteiger partial charge >= 0.3 is 0 Å². The van der Waals surface area contributed by atoms with E-state index in [0.717, 1.165) is 29.7 Å². The van der Waals surface area contributed by atoms with Crippen molar-refractivity contribution in [1.82, 2.24) is 4.90 Å². The van der Waals surface area contributed by atoms with Crippen molar-refractivity contribution in [3.63, 3.8) is 0 Å². The van der Waals surface area contributed by atoms with Crippen molar-refractivity contribution >= 4 is 17.2 Å². The molecule has 0 saturated heterocycles. The average molecular weight is 317 g/mol. The summed E-state index contributed by atoms with van der Waals surface area (Å²) in [5, 5.41) is 0. The van der Waals surface area contributed by atoms with Crippen LogP contribution in [0.5, 0.6) is 0 Å². The van der Waals surface area contributed by atoms with E-state index in [2.05, 4.69) is 13.8 Å². The first-order valence-corrected chi connectivity index (χ1v) is 8.55. The molecule has 0 N–H and O–H groups in total. The van der Waals surface area contributed by atoms with Gasteiger partial charge in [-0.2, -0.15) is 0 Å². The van der Waals surface area contributed by atoms with Crippen molar-refractivity contribution in [3.05, 3.63) is 57.0 Å². The largest absolute Gasteiger partial charge is 0.331 e. The summed E-state index contributed by atoms with van der Waals surface area (Å²) >= 11 is 1.58. The lowest BCUT2D eigenvalue weighted by molar-refractivity contribution is 0.0735. The van der Waals surface area contributed by atoms with E-state index in [9.17, 15) is 9.18 Å². The number of thiophene rings is 1. The summed E-state index contributed by atoms with van der Waals surface area (Å²) in [5.74, 6) is -0.130. The molecule has 0 radical (unpaired) electrons. The van der Waals surface area contributed by atoms with E-state index in [-0.39, 0.29) is 11.7 Å². The first-order chi connectivity index (χ1) is 10.6. The number of nitrogens with zero attached hydrogens (tertiary/aromatic N) is 1. The summed E-state index contributed by atoms with van der Waals surface area (Å²) in [5.41, 5.74) is 2.23. The van der Waals surface area contributed by atoms with Crippen LogP contribution in [0.1, 0.15) is 45.4 Å². The van der Waals surface area contributed by atoms with E-state index in [4.69, 9.17) is 0 Å². The number of halogens is 1. The summed E-state index contributed by atoms with van der Waals surface area (Å²) in [6.07, 6.45) is 3.09. The predicted octanol–water partition coefficient (Wildman–Crippen LogP) is 4.56. The minimum Gasteiger partial charge on any atom is -0.331 e. The van der Waals surface area contributed by atoms with Crippen LogP contribution in [0.3, 0.4) is 0 Å². The Kier molecular flexibility index (Phi) is 4.30. The van der Waals surface area contributed by atoms with Gasteiger partial charge in [0.15, 0.2) is 0 Å². The van der Waals surface area contributed by atoms with Crippen LogP contribution in [-0.4, -0.2) is 16.8 Å². The molecule has 1 saturated carbocycles. The topological polar surface area (TPSA) is 20.3 Å². The average Bonchev–Trinajstić information content (AvgIpc) is 3.28. The summed E-state index contributed by atoms with van der Waals surface area (Å²) in [7, 11) is 0. The third kappa shape index (κ3) is 3.22. The number of hydrogen-bond acceptors (Lipinski definition) is 2. The van der Waals surface area contributed by atoms with E-state index in [1.165, 1.54) is 22.6 Å². The minimum absolute atomic E-state index is 0.111. The van der Waals surface area contributed by atoms with Crippen molar-refractivity contribution in [2.24, 2.45) is 0 Å². The van der Waals surface area contributed by atoms with Crippen LogP contribution in [-0.2, 0) is 13.0 Å². The molecule has 1 amide bonds. The van der Waals surface area contributed by atoms with E-state index < -0.39 is 0 Å². The Morgan fingerprint density at radius 1 is 1.32 bits per heavy atom. The van der Waals surface area contributed by atoms with Crippen LogP contribution >= 0.6 is 11.3 Å². The maximum atomic E-state index is 13.0. The van der Waals surface area contributed by atoms with Gasteiger partial charge in [0.2, 0.25) is 0 Å². The van der Waals surface area contributed by atoms with Gasteiger partial charge in [0, 0.05) is 17.5 Å². The van der Waals surface area contributed by atoms with E-state index in [0.29, 0.717) is 12.6 Å². The van der Waals surface area contributed by atoms with Gasteiger partial charge in [-0.15, -0.1) is 11.3 Å². The summed E-state index contributed by atoms with van der Waals surface area (Å²) < 4.78 is 13.0. The molecular weight excluding hydrogens is 297 g/mol. The number of benzene rings is 1. The first-order valence-electron chi connectivity index (χ1n) is 7.73. The Bertz CT molecular complexity index is 673. The van der Waals surface area contributed by atoms with Crippen LogP contribution in [0, 0.1) is 12.7 Å². The summed E-state index contributed by atoms with van der Waals surface area (Å²) in [6.45, 7) is 4.74. The quantitative estimate of drug-likeness (QED) is 0.791. The van der Waals surface area contributed by atoms with Crippen molar-refractivity contribution in [3.8, 4) is 0 Å². The molecule has 0 spiro atoms. The predicted molar refractivity (Wildman–Crippen MR) is 87.7 cm³/mol. The van der Waals surface area contributed by atoms with E-state index >= 15 is 0 Å². The first kappa shape index (κ1) is 15.2. The smallest absolute Gasteiger partial charge is 0.264 e. The summed E-state index contributed by atoms with van der Waals surface area (Å²) in [6, 6.07) is 8.79. The van der Waals surface area contributed by atoms with Gasteiger partial charge in [0.25, 0.3) is 5.91 Å². The zero-order valence-corrected chi connectivity index (χ0v) is 13.8. The number of hydrogen-bond donors (Lipinski definition) is 0. The lowest BCUT2D eigenvalue weighted by Gasteiger charge is -2.22. The lowest BCUT2D eigenvalue weighted by Crippen LogP contribution is -2.32. The van der Waals surface area contributed by atoms with Gasteiger partial charge in [-0.1, -0.05) is 19.1 Å². The maximum Gasteiger partial charge on any atom is 0.264 e. The SMILES string of the molecule is CCc1cc(C(=O)N(Cc2ccc(F)cc2)C2CC2)sc1C. The molecule has 4 heteroatoms. The fourth-order valence-corrected chi connectivity index (χ4v) is 3.73. The van der Waals surface area contributed by atoms with E-state index in [1.807, 2.05) is 11.0 Å². The zero-order chi connectivity index (χ0) is 15.7. The highest BCUT2D eigenvalue weighted by Gasteiger charge is 2.33. The van der Waals surface area contributed by atoms with Crippen LogP contribution in [0.15, 0.2) is 30.3 Å². The van der Waals surface area contributed by atoms with Gasteiger partial charge in [-0.3, -0.25) is 4.79 Å². The molecule has 1 aliphatic carbocycles. The van der Waals surface area contributed by atoms with Gasteiger partial charge in [-0.05, 0) is 55.5 Å². The highest BCUT2D eigenvalue weighted by Crippen LogP contribution is 2.32. The number of aryl methyl sites for hydroxylation is 2. The van der Waals surface area contributed by atoms with E-state index in [1.54, 1.807) is 23.5 Å². The standard InChI is InChI=1S/C18H20FNOS/c1-3-14-10-17(22-12(14)2)18(21)20(16-8-9-16)11-13-4-6-15(19)7-5-13/h4-7,10,16H,3,8-9,11H2,1-2H3.